The fourth-order valence-corrected chi connectivity index (χ4v) is 2.79. The quantitative estimate of drug-likeness (QED) is 0.649. The van der Waals surface area contributed by atoms with Gasteiger partial charge in [0.2, 0.25) is 0 Å². The summed E-state index contributed by atoms with van der Waals surface area (Å²) in [5.74, 6) is 1.00. The zero-order valence-corrected chi connectivity index (χ0v) is 14.8. The highest BCUT2D eigenvalue weighted by Crippen LogP contribution is 2.38. The maximum Gasteiger partial charge on any atom is 0.315 e. The van der Waals surface area contributed by atoms with Gasteiger partial charge in [-0.2, -0.15) is 0 Å². The normalized spacial score (nSPS) is 11.1. The van der Waals surface area contributed by atoms with Crippen molar-refractivity contribution >= 4 is 0 Å². The molecule has 0 saturated heterocycles. The second kappa shape index (κ2) is 6.95. The van der Waals surface area contributed by atoms with Crippen molar-refractivity contribution in [3.63, 3.8) is 0 Å². The number of nitrogens with zero attached hydrogens (tertiary/aromatic N) is 3. The third kappa shape index (κ3) is 3.28. The molecule has 3 rings (SSSR count). The number of aromatic nitrogens is 3. The van der Waals surface area contributed by atoms with E-state index in [1.807, 2.05) is 38.1 Å². The summed E-state index contributed by atoms with van der Waals surface area (Å²) in [6, 6.07) is 10.1. The van der Waals surface area contributed by atoms with Gasteiger partial charge in [0.05, 0.1) is 19.2 Å². The Bertz CT molecular complexity index is 917. The molecule has 3 aromatic rings. The summed E-state index contributed by atoms with van der Waals surface area (Å²) in [6.07, 6.45) is 0. The van der Waals surface area contributed by atoms with E-state index < -0.39 is 0 Å². The van der Waals surface area contributed by atoms with Gasteiger partial charge in [-0.25, -0.2) is 0 Å². The zero-order valence-electron chi connectivity index (χ0n) is 14.8. The molecule has 0 aliphatic heterocycles. The van der Waals surface area contributed by atoms with Crippen LogP contribution in [0.1, 0.15) is 30.9 Å². The van der Waals surface area contributed by atoms with Crippen LogP contribution in [0, 0.1) is 0 Å². The van der Waals surface area contributed by atoms with Crippen molar-refractivity contribution in [2.45, 2.75) is 26.3 Å². The number of aromatic hydroxyl groups is 3. The molecule has 0 radical (unpaired) electrons. The van der Waals surface area contributed by atoms with E-state index in [2.05, 4.69) is 10.2 Å². The predicted molar refractivity (Wildman–Crippen MR) is 96.6 cm³/mol. The van der Waals surface area contributed by atoms with Crippen LogP contribution in [0.15, 0.2) is 36.4 Å². The Morgan fingerprint density at radius 1 is 1.00 bits per heavy atom. The highest BCUT2D eigenvalue weighted by atomic mass is 16.5. The van der Waals surface area contributed by atoms with Crippen LogP contribution in [-0.2, 0) is 6.54 Å². The summed E-state index contributed by atoms with van der Waals surface area (Å²) in [6.45, 7) is 4.19. The van der Waals surface area contributed by atoms with Crippen molar-refractivity contribution in [2.24, 2.45) is 0 Å². The highest BCUT2D eigenvalue weighted by Gasteiger charge is 2.20. The molecule has 0 aliphatic rings. The van der Waals surface area contributed by atoms with Crippen molar-refractivity contribution in [3.05, 3.63) is 47.5 Å². The molecule has 2 aromatic carbocycles. The van der Waals surface area contributed by atoms with Gasteiger partial charge in [0, 0.05) is 6.07 Å². The van der Waals surface area contributed by atoms with E-state index in [9.17, 15) is 15.3 Å². The zero-order chi connectivity index (χ0) is 18.8. The number of phenolic OH excluding ortho intramolecular Hbond substituents is 2. The summed E-state index contributed by atoms with van der Waals surface area (Å²) in [7, 11) is 1.60. The molecule has 26 heavy (non-hydrogen) atoms. The average Bonchev–Trinajstić information content (AvgIpc) is 2.96. The summed E-state index contributed by atoms with van der Waals surface area (Å²) in [5.41, 5.74) is 1.98. The van der Waals surface area contributed by atoms with E-state index in [0.717, 1.165) is 11.3 Å². The number of hydrogen-bond donors (Lipinski definition) is 3. The van der Waals surface area contributed by atoms with Crippen LogP contribution in [0.2, 0.25) is 0 Å². The third-order valence-electron chi connectivity index (χ3n) is 4.24. The van der Waals surface area contributed by atoms with Gasteiger partial charge < -0.3 is 20.1 Å². The molecule has 1 aromatic heterocycles. The van der Waals surface area contributed by atoms with Gasteiger partial charge in [0.15, 0.2) is 5.82 Å². The van der Waals surface area contributed by atoms with Crippen molar-refractivity contribution in [1.82, 2.24) is 14.8 Å². The SMILES string of the molecule is COc1ccc(Cn2c(O)nnc2-c2cc(C(C)C)c(O)cc2O)cc1. The minimum Gasteiger partial charge on any atom is -0.508 e. The van der Waals surface area contributed by atoms with Crippen LogP contribution in [0.5, 0.6) is 23.3 Å². The monoisotopic (exact) mass is 355 g/mol. The van der Waals surface area contributed by atoms with Gasteiger partial charge in [0.1, 0.15) is 17.2 Å². The molecule has 0 atom stereocenters. The molecular formula is C19H21N3O4. The Hall–Kier alpha value is -3.22. The third-order valence-corrected chi connectivity index (χ3v) is 4.24. The Balaban J connectivity index is 2.03. The van der Waals surface area contributed by atoms with E-state index in [1.165, 1.54) is 10.6 Å². The lowest BCUT2D eigenvalue weighted by Gasteiger charge is -2.13. The van der Waals surface area contributed by atoms with Gasteiger partial charge in [-0.15, -0.1) is 5.10 Å². The molecule has 7 heteroatoms. The smallest absolute Gasteiger partial charge is 0.315 e. The summed E-state index contributed by atoms with van der Waals surface area (Å²) < 4.78 is 6.64. The van der Waals surface area contributed by atoms with Crippen LogP contribution in [0.4, 0.5) is 0 Å². The molecule has 0 amide bonds. The number of methoxy groups -OCH3 is 1. The predicted octanol–water partition coefficient (Wildman–Crippen LogP) is 3.24. The van der Waals surface area contributed by atoms with Gasteiger partial charge >= 0.3 is 6.01 Å². The molecule has 0 saturated carbocycles. The second-order valence-corrected chi connectivity index (χ2v) is 6.34. The average molecular weight is 355 g/mol. The van der Waals surface area contributed by atoms with Gasteiger partial charge in [0.25, 0.3) is 0 Å². The summed E-state index contributed by atoms with van der Waals surface area (Å²) in [4.78, 5) is 0. The number of hydrogen-bond acceptors (Lipinski definition) is 6. The first-order valence-electron chi connectivity index (χ1n) is 8.22. The first-order valence-corrected chi connectivity index (χ1v) is 8.22. The van der Waals surface area contributed by atoms with E-state index >= 15 is 0 Å². The summed E-state index contributed by atoms with van der Waals surface area (Å²) in [5, 5.41) is 38.2. The largest absolute Gasteiger partial charge is 0.508 e. The molecule has 3 N–H and O–H groups in total. The van der Waals surface area contributed by atoms with Crippen molar-refractivity contribution in [3.8, 4) is 34.6 Å². The minimum atomic E-state index is -0.255. The van der Waals surface area contributed by atoms with Crippen LogP contribution >= 0.6 is 0 Å². The maximum atomic E-state index is 10.3. The standard InChI is InChI=1S/C19H21N3O4/c1-11(2)14-8-15(17(24)9-16(14)23)18-20-21-19(25)22(18)10-12-4-6-13(26-3)7-5-12/h4-9,11,23-24H,10H2,1-3H3,(H,21,25). The topological polar surface area (TPSA) is 101 Å². The molecule has 1 heterocycles. The number of ether oxygens (including phenoxy) is 1. The molecule has 136 valence electrons. The number of benzene rings is 2. The first kappa shape index (κ1) is 17.6. The Kier molecular flexibility index (Phi) is 4.71. The number of rotatable bonds is 5. The van der Waals surface area contributed by atoms with E-state index in [0.29, 0.717) is 23.5 Å². The van der Waals surface area contributed by atoms with Crippen LogP contribution < -0.4 is 4.74 Å². The Labute approximate surface area is 151 Å². The fourth-order valence-electron chi connectivity index (χ4n) is 2.79. The van der Waals surface area contributed by atoms with Crippen molar-refractivity contribution < 1.29 is 20.1 Å². The molecular weight excluding hydrogens is 334 g/mol. The fraction of sp³-hybridized carbons (Fsp3) is 0.263. The highest BCUT2D eigenvalue weighted by molar-refractivity contribution is 5.68. The minimum absolute atomic E-state index is 0.0201. The molecule has 0 unspecified atom stereocenters. The van der Waals surface area contributed by atoms with Crippen LogP contribution in [0.3, 0.4) is 0 Å². The van der Waals surface area contributed by atoms with Gasteiger partial charge in [-0.3, -0.25) is 4.57 Å². The molecule has 0 bridgehead atoms. The lowest BCUT2D eigenvalue weighted by atomic mass is 9.98. The molecule has 0 spiro atoms. The number of phenols is 2. The van der Waals surface area contributed by atoms with Gasteiger partial charge in [-0.1, -0.05) is 31.1 Å². The first-order chi connectivity index (χ1) is 12.4. The molecule has 0 fully saturated rings. The Morgan fingerprint density at radius 3 is 2.31 bits per heavy atom. The Morgan fingerprint density at radius 2 is 1.69 bits per heavy atom. The van der Waals surface area contributed by atoms with Gasteiger partial charge in [-0.05, 0) is 35.2 Å². The second-order valence-electron chi connectivity index (χ2n) is 6.34. The molecule has 7 nitrogen and oxygen atoms in total. The lowest BCUT2D eigenvalue weighted by Crippen LogP contribution is -2.03. The van der Waals surface area contributed by atoms with E-state index in [-0.39, 0.29) is 23.4 Å². The molecule has 0 aliphatic carbocycles. The van der Waals surface area contributed by atoms with Crippen molar-refractivity contribution in [2.75, 3.05) is 7.11 Å². The maximum absolute atomic E-state index is 10.3. The van der Waals surface area contributed by atoms with Crippen LogP contribution in [-0.4, -0.2) is 37.2 Å². The van der Waals surface area contributed by atoms with E-state index in [1.54, 1.807) is 13.2 Å². The summed E-state index contributed by atoms with van der Waals surface area (Å²) >= 11 is 0. The van der Waals surface area contributed by atoms with E-state index in [4.69, 9.17) is 4.74 Å². The lowest BCUT2D eigenvalue weighted by molar-refractivity contribution is 0.403. The van der Waals surface area contributed by atoms with Crippen molar-refractivity contribution in [1.29, 1.82) is 0 Å². The van der Waals surface area contributed by atoms with Crippen LogP contribution in [0.25, 0.3) is 11.4 Å².